The molecule has 0 saturated heterocycles. The molecule has 0 aromatic carbocycles. The highest BCUT2D eigenvalue weighted by Gasteiger charge is 2.23. The van der Waals surface area contributed by atoms with E-state index >= 15 is 0 Å². The maximum Gasteiger partial charge on any atom is 0.221 e. The molecule has 2 atom stereocenters. The third kappa shape index (κ3) is 6.80. The van der Waals surface area contributed by atoms with E-state index in [9.17, 15) is 4.79 Å². The third-order valence-electron chi connectivity index (χ3n) is 2.68. The van der Waals surface area contributed by atoms with Crippen molar-refractivity contribution in [2.75, 3.05) is 13.7 Å². The van der Waals surface area contributed by atoms with E-state index in [1.807, 2.05) is 27.7 Å². The van der Waals surface area contributed by atoms with Gasteiger partial charge in [-0.25, -0.2) is 0 Å². The Hall–Kier alpha value is -0.610. The molecule has 0 aliphatic rings. The van der Waals surface area contributed by atoms with Crippen LogP contribution in [0.25, 0.3) is 0 Å². The molecule has 96 valence electrons. The Morgan fingerprint density at radius 2 is 2.00 bits per heavy atom. The van der Waals surface area contributed by atoms with Crippen molar-refractivity contribution in [1.82, 2.24) is 5.32 Å². The summed E-state index contributed by atoms with van der Waals surface area (Å²) in [7, 11) is 1.66. The predicted molar refractivity (Wildman–Crippen MR) is 66.1 cm³/mol. The van der Waals surface area contributed by atoms with E-state index in [0.29, 0.717) is 13.0 Å². The zero-order chi connectivity index (χ0) is 12.8. The van der Waals surface area contributed by atoms with Crippen LogP contribution >= 0.6 is 0 Å². The molecule has 1 amide bonds. The van der Waals surface area contributed by atoms with E-state index in [0.717, 1.165) is 6.42 Å². The van der Waals surface area contributed by atoms with Gasteiger partial charge in [-0.1, -0.05) is 20.8 Å². The molecule has 0 spiro atoms. The molecule has 0 aliphatic heterocycles. The number of rotatable bonds is 6. The number of ether oxygens (including phenoxy) is 1. The average Bonchev–Trinajstić information content (AvgIpc) is 2.12. The summed E-state index contributed by atoms with van der Waals surface area (Å²) < 4.78 is 4.95. The number of amides is 1. The van der Waals surface area contributed by atoms with Gasteiger partial charge in [0.25, 0.3) is 0 Å². The third-order valence-corrected chi connectivity index (χ3v) is 2.68. The van der Waals surface area contributed by atoms with Crippen LogP contribution in [0.15, 0.2) is 0 Å². The number of hydrogen-bond donors (Lipinski definition) is 2. The number of nitrogens with two attached hydrogens (primary N) is 1. The van der Waals surface area contributed by atoms with Gasteiger partial charge in [-0.2, -0.15) is 0 Å². The summed E-state index contributed by atoms with van der Waals surface area (Å²) in [6.07, 6.45) is 1.20. The lowest BCUT2D eigenvalue weighted by Gasteiger charge is -2.27. The summed E-state index contributed by atoms with van der Waals surface area (Å²) in [5, 5.41) is 2.92. The normalized spacial score (nSPS) is 15.6. The van der Waals surface area contributed by atoms with Crippen LogP contribution < -0.4 is 11.1 Å². The first-order valence-electron chi connectivity index (χ1n) is 5.81. The molecule has 0 saturated carbocycles. The van der Waals surface area contributed by atoms with E-state index in [4.69, 9.17) is 10.5 Å². The minimum Gasteiger partial charge on any atom is -0.385 e. The van der Waals surface area contributed by atoms with Gasteiger partial charge in [0, 0.05) is 32.2 Å². The van der Waals surface area contributed by atoms with Crippen LogP contribution in [0.1, 0.15) is 40.5 Å². The largest absolute Gasteiger partial charge is 0.385 e. The van der Waals surface area contributed by atoms with E-state index in [2.05, 4.69) is 5.32 Å². The molecule has 0 aromatic rings. The first kappa shape index (κ1) is 15.4. The van der Waals surface area contributed by atoms with Crippen molar-refractivity contribution in [3.05, 3.63) is 0 Å². The Labute approximate surface area is 98.9 Å². The molecule has 0 aliphatic carbocycles. The molecule has 4 heteroatoms. The zero-order valence-electron chi connectivity index (χ0n) is 11.2. The fourth-order valence-corrected chi connectivity index (χ4v) is 1.21. The Morgan fingerprint density at radius 1 is 1.44 bits per heavy atom. The standard InChI is InChI=1S/C12H26N2O2/c1-9(6-7-16-5)14-11(15)8-10(13)12(2,3)4/h9-10H,6-8,13H2,1-5H3,(H,14,15). The van der Waals surface area contributed by atoms with Crippen LogP contribution in [0.5, 0.6) is 0 Å². The van der Waals surface area contributed by atoms with Gasteiger partial charge in [0.1, 0.15) is 0 Å². The molecule has 0 bridgehead atoms. The van der Waals surface area contributed by atoms with Crippen LogP contribution in [-0.4, -0.2) is 31.7 Å². The lowest BCUT2D eigenvalue weighted by Crippen LogP contribution is -2.42. The van der Waals surface area contributed by atoms with Gasteiger partial charge in [-0.15, -0.1) is 0 Å². The molecule has 4 nitrogen and oxygen atoms in total. The van der Waals surface area contributed by atoms with Crippen LogP contribution in [0.3, 0.4) is 0 Å². The van der Waals surface area contributed by atoms with Crippen LogP contribution in [0.2, 0.25) is 0 Å². The molecule has 0 aromatic heterocycles. The number of hydrogen-bond acceptors (Lipinski definition) is 3. The number of carbonyl (C=O) groups excluding carboxylic acids is 1. The van der Waals surface area contributed by atoms with E-state index in [-0.39, 0.29) is 23.4 Å². The summed E-state index contributed by atoms with van der Waals surface area (Å²) in [6.45, 7) is 8.75. The SMILES string of the molecule is COCCC(C)NC(=O)CC(N)C(C)(C)C. The second-order valence-corrected chi connectivity index (χ2v) is 5.43. The summed E-state index contributed by atoms with van der Waals surface area (Å²) >= 11 is 0. The van der Waals surface area contributed by atoms with Gasteiger partial charge in [-0.3, -0.25) is 4.79 Å². The van der Waals surface area contributed by atoms with Gasteiger partial charge in [0.05, 0.1) is 0 Å². The molecule has 16 heavy (non-hydrogen) atoms. The lowest BCUT2D eigenvalue weighted by atomic mass is 9.85. The van der Waals surface area contributed by atoms with Crippen LogP contribution in [0.4, 0.5) is 0 Å². The quantitative estimate of drug-likeness (QED) is 0.722. The van der Waals surface area contributed by atoms with Gasteiger partial charge < -0.3 is 15.8 Å². The van der Waals surface area contributed by atoms with Crippen LogP contribution in [0, 0.1) is 5.41 Å². The van der Waals surface area contributed by atoms with Gasteiger partial charge >= 0.3 is 0 Å². The van der Waals surface area contributed by atoms with E-state index < -0.39 is 0 Å². The highest BCUT2D eigenvalue weighted by molar-refractivity contribution is 5.76. The Morgan fingerprint density at radius 3 is 2.44 bits per heavy atom. The first-order valence-corrected chi connectivity index (χ1v) is 5.81. The Bertz CT molecular complexity index is 212. The fraction of sp³-hybridized carbons (Fsp3) is 0.917. The number of nitrogens with one attached hydrogen (secondary N) is 1. The summed E-state index contributed by atoms with van der Waals surface area (Å²) in [5.41, 5.74) is 5.91. The van der Waals surface area contributed by atoms with Gasteiger partial charge in [-0.05, 0) is 18.8 Å². The van der Waals surface area contributed by atoms with Crippen molar-refractivity contribution in [3.8, 4) is 0 Å². The second-order valence-electron chi connectivity index (χ2n) is 5.43. The van der Waals surface area contributed by atoms with Crippen molar-refractivity contribution in [2.24, 2.45) is 11.1 Å². The number of carbonyl (C=O) groups is 1. The van der Waals surface area contributed by atoms with Crippen molar-refractivity contribution in [1.29, 1.82) is 0 Å². The summed E-state index contributed by atoms with van der Waals surface area (Å²) in [5.74, 6) is 0.0195. The maximum atomic E-state index is 11.6. The monoisotopic (exact) mass is 230 g/mol. The van der Waals surface area contributed by atoms with Crippen LogP contribution in [-0.2, 0) is 9.53 Å². The van der Waals surface area contributed by atoms with Crippen molar-refractivity contribution >= 4 is 5.91 Å². The molecule has 2 unspecified atom stereocenters. The minimum atomic E-state index is -0.109. The molecule has 0 fully saturated rings. The summed E-state index contributed by atoms with van der Waals surface area (Å²) in [6, 6.07) is 0.0294. The minimum absolute atomic E-state index is 0.0195. The van der Waals surface area contributed by atoms with E-state index in [1.54, 1.807) is 7.11 Å². The molecule has 3 N–H and O–H groups in total. The molecular weight excluding hydrogens is 204 g/mol. The Balaban J connectivity index is 3.90. The second kappa shape index (κ2) is 6.86. The van der Waals surface area contributed by atoms with Gasteiger partial charge in [0.2, 0.25) is 5.91 Å². The molecular formula is C12H26N2O2. The first-order chi connectivity index (χ1) is 7.27. The van der Waals surface area contributed by atoms with Crippen molar-refractivity contribution < 1.29 is 9.53 Å². The van der Waals surface area contributed by atoms with Crippen molar-refractivity contribution in [3.63, 3.8) is 0 Å². The van der Waals surface area contributed by atoms with Gasteiger partial charge in [0.15, 0.2) is 0 Å². The molecule has 0 heterocycles. The topological polar surface area (TPSA) is 64.3 Å². The average molecular weight is 230 g/mol. The number of methoxy groups -OCH3 is 1. The maximum absolute atomic E-state index is 11.6. The summed E-state index contributed by atoms with van der Waals surface area (Å²) in [4.78, 5) is 11.6. The Kier molecular flexibility index (Phi) is 6.60. The van der Waals surface area contributed by atoms with E-state index in [1.165, 1.54) is 0 Å². The highest BCUT2D eigenvalue weighted by Crippen LogP contribution is 2.19. The molecule has 0 radical (unpaired) electrons. The zero-order valence-corrected chi connectivity index (χ0v) is 11.2. The smallest absolute Gasteiger partial charge is 0.221 e. The molecule has 0 rings (SSSR count). The lowest BCUT2D eigenvalue weighted by molar-refractivity contribution is -0.122. The fourth-order valence-electron chi connectivity index (χ4n) is 1.21. The predicted octanol–water partition coefficient (Wildman–Crippen LogP) is 1.29. The van der Waals surface area contributed by atoms with Crippen molar-refractivity contribution in [2.45, 2.75) is 52.6 Å². The highest BCUT2D eigenvalue weighted by atomic mass is 16.5.